The topological polar surface area (TPSA) is 88.8 Å². The molecule has 26 heavy (non-hydrogen) atoms. The molecule has 2 aromatic heterocycles. The Balaban J connectivity index is 1.84. The zero-order valence-corrected chi connectivity index (χ0v) is 15.1. The van der Waals surface area contributed by atoms with Crippen LogP contribution in [0.4, 0.5) is 4.79 Å². The first-order chi connectivity index (χ1) is 12.4. The second-order valence-electron chi connectivity index (χ2n) is 6.93. The lowest BCUT2D eigenvalue weighted by Gasteiger charge is -2.19. The first kappa shape index (κ1) is 17.9. The molecule has 0 fully saturated rings. The van der Waals surface area contributed by atoms with E-state index in [-0.39, 0.29) is 6.61 Å². The fourth-order valence-electron chi connectivity index (χ4n) is 2.58. The molecule has 136 valence electrons. The Kier molecular flexibility index (Phi) is 4.90. The molecule has 3 aromatic rings. The molecule has 7 nitrogen and oxygen atoms in total. The van der Waals surface area contributed by atoms with E-state index < -0.39 is 11.7 Å². The van der Waals surface area contributed by atoms with Crippen molar-refractivity contribution in [2.75, 3.05) is 0 Å². The Labute approximate surface area is 151 Å². The van der Waals surface area contributed by atoms with Crippen molar-refractivity contribution in [1.29, 1.82) is 0 Å². The predicted octanol–water partition coefficient (Wildman–Crippen LogP) is 2.91. The van der Waals surface area contributed by atoms with Crippen LogP contribution in [0.2, 0.25) is 0 Å². The summed E-state index contributed by atoms with van der Waals surface area (Å²) in [5, 5.41) is 16.4. The van der Waals surface area contributed by atoms with Crippen LogP contribution in [-0.4, -0.2) is 31.4 Å². The summed E-state index contributed by atoms with van der Waals surface area (Å²) in [5.74, 6) is 0.348. The van der Waals surface area contributed by atoms with E-state index in [1.807, 2.05) is 63.4 Å². The lowest BCUT2D eigenvalue weighted by atomic mass is 10.1. The van der Waals surface area contributed by atoms with Crippen molar-refractivity contribution in [3.63, 3.8) is 0 Å². The Morgan fingerprint density at radius 3 is 2.81 bits per heavy atom. The van der Waals surface area contributed by atoms with Gasteiger partial charge in [-0.1, -0.05) is 18.2 Å². The molecule has 3 rings (SSSR count). The number of alkyl carbamates (subject to hydrolysis) is 1. The monoisotopic (exact) mass is 354 g/mol. The highest BCUT2D eigenvalue weighted by atomic mass is 16.6. The normalized spacial score (nSPS) is 11.5. The molecule has 0 saturated heterocycles. The number of hydrogen-bond acceptors (Lipinski definition) is 5. The minimum Gasteiger partial charge on any atom is -0.444 e. The van der Waals surface area contributed by atoms with E-state index in [1.165, 1.54) is 0 Å². The molecule has 0 aliphatic rings. The van der Waals surface area contributed by atoms with Gasteiger partial charge in [0, 0.05) is 18.3 Å². The van der Waals surface area contributed by atoms with E-state index in [0.717, 1.165) is 22.3 Å². The maximum Gasteiger partial charge on any atom is 0.407 e. The lowest BCUT2D eigenvalue weighted by molar-refractivity contribution is 0.0523. The third-order valence-electron chi connectivity index (χ3n) is 3.61. The van der Waals surface area contributed by atoms with Gasteiger partial charge in [0.05, 0.1) is 11.2 Å². The molecular weight excluding hydrogens is 332 g/mol. The second-order valence-corrected chi connectivity index (χ2v) is 6.93. The number of hydrogen-bond donors (Lipinski definition) is 2. The fraction of sp³-hybridized carbons (Fsp3) is 0.316. The molecule has 0 aliphatic heterocycles. The smallest absolute Gasteiger partial charge is 0.407 e. The molecule has 1 amide bonds. The van der Waals surface area contributed by atoms with E-state index in [1.54, 1.807) is 4.52 Å². The Hall–Kier alpha value is -2.93. The number of ether oxygens (including phenoxy) is 1. The minimum absolute atomic E-state index is 0.235. The van der Waals surface area contributed by atoms with Crippen LogP contribution in [0, 0.1) is 0 Å². The highest BCUT2D eigenvalue weighted by Gasteiger charge is 2.16. The van der Waals surface area contributed by atoms with Crippen LogP contribution in [0.1, 0.15) is 32.2 Å². The molecule has 2 N–H and O–H groups in total. The maximum atomic E-state index is 11.8. The zero-order chi connectivity index (χ0) is 18.7. The van der Waals surface area contributed by atoms with Crippen LogP contribution in [0.15, 0.2) is 42.6 Å². The summed E-state index contributed by atoms with van der Waals surface area (Å²) < 4.78 is 6.94. The van der Waals surface area contributed by atoms with E-state index in [2.05, 4.69) is 15.4 Å². The van der Waals surface area contributed by atoms with Crippen molar-refractivity contribution in [3.8, 4) is 11.3 Å². The average molecular weight is 354 g/mol. The Morgan fingerprint density at radius 2 is 2.08 bits per heavy atom. The third kappa shape index (κ3) is 4.18. The number of aromatic nitrogens is 3. The number of carbonyl (C=O) groups is 1. The molecule has 0 aliphatic carbocycles. The number of benzene rings is 1. The molecule has 2 heterocycles. The van der Waals surface area contributed by atoms with Gasteiger partial charge in [-0.25, -0.2) is 14.3 Å². The van der Waals surface area contributed by atoms with Gasteiger partial charge in [0.25, 0.3) is 0 Å². The van der Waals surface area contributed by atoms with Gasteiger partial charge in [-0.2, -0.15) is 5.10 Å². The van der Waals surface area contributed by atoms with Gasteiger partial charge in [-0.15, -0.1) is 0 Å². The van der Waals surface area contributed by atoms with Crippen molar-refractivity contribution in [1.82, 2.24) is 19.9 Å². The predicted molar refractivity (Wildman–Crippen MR) is 97.4 cm³/mol. The molecule has 0 spiro atoms. The first-order valence-corrected chi connectivity index (χ1v) is 8.37. The van der Waals surface area contributed by atoms with Gasteiger partial charge in [-0.3, -0.25) is 0 Å². The van der Waals surface area contributed by atoms with Gasteiger partial charge < -0.3 is 15.2 Å². The van der Waals surface area contributed by atoms with Gasteiger partial charge in [-0.05, 0) is 44.5 Å². The first-order valence-electron chi connectivity index (χ1n) is 8.37. The summed E-state index contributed by atoms with van der Waals surface area (Å²) in [7, 11) is 0. The van der Waals surface area contributed by atoms with Gasteiger partial charge in [0.1, 0.15) is 12.2 Å². The molecule has 1 aromatic carbocycles. The van der Waals surface area contributed by atoms with E-state index in [0.29, 0.717) is 12.4 Å². The van der Waals surface area contributed by atoms with Crippen LogP contribution in [0.25, 0.3) is 16.8 Å². The number of aliphatic hydroxyl groups is 1. The van der Waals surface area contributed by atoms with Gasteiger partial charge in [0.15, 0.2) is 5.82 Å². The van der Waals surface area contributed by atoms with Crippen molar-refractivity contribution < 1.29 is 14.6 Å². The minimum atomic E-state index is -0.534. The summed E-state index contributed by atoms with van der Waals surface area (Å²) in [6.07, 6.45) is 1.36. The van der Waals surface area contributed by atoms with Crippen LogP contribution >= 0.6 is 0 Å². The summed E-state index contributed by atoms with van der Waals surface area (Å²) >= 11 is 0. The van der Waals surface area contributed by atoms with E-state index in [9.17, 15) is 9.90 Å². The quantitative estimate of drug-likeness (QED) is 0.752. The average Bonchev–Trinajstić information content (AvgIpc) is 3.06. The molecular formula is C19H22N4O3. The molecule has 7 heteroatoms. The Morgan fingerprint density at radius 1 is 1.27 bits per heavy atom. The van der Waals surface area contributed by atoms with Gasteiger partial charge >= 0.3 is 6.09 Å². The molecule has 0 atom stereocenters. The highest BCUT2D eigenvalue weighted by Crippen LogP contribution is 2.23. The number of amides is 1. The Bertz CT molecular complexity index is 928. The third-order valence-corrected chi connectivity index (χ3v) is 3.61. The summed E-state index contributed by atoms with van der Waals surface area (Å²) in [6, 6.07) is 11.5. The largest absolute Gasteiger partial charge is 0.444 e. The van der Waals surface area contributed by atoms with E-state index in [4.69, 9.17) is 4.74 Å². The number of fused-ring (bicyclic) bond motifs is 1. The molecule has 0 bridgehead atoms. The second kappa shape index (κ2) is 7.13. The van der Waals surface area contributed by atoms with Crippen molar-refractivity contribution in [2.45, 2.75) is 39.5 Å². The van der Waals surface area contributed by atoms with Gasteiger partial charge in [0.2, 0.25) is 0 Å². The lowest BCUT2D eigenvalue weighted by Crippen LogP contribution is -2.32. The zero-order valence-electron chi connectivity index (χ0n) is 15.1. The van der Waals surface area contributed by atoms with Crippen molar-refractivity contribution in [3.05, 3.63) is 54.0 Å². The number of nitrogens with zero attached hydrogens (tertiary/aromatic N) is 3. The number of aliphatic hydroxyl groups excluding tert-OH is 1. The fourth-order valence-corrected chi connectivity index (χ4v) is 2.58. The summed E-state index contributed by atoms with van der Waals surface area (Å²) in [6.45, 7) is 5.58. The van der Waals surface area contributed by atoms with E-state index >= 15 is 0 Å². The summed E-state index contributed by atoms with van der Waals surface area (Å²) in [4.78, 5) is 16.3. The van der Waals surface area contributed by atoms with Crippen LogP contribution in [-0.2, 0) is 17.9 Å². The molecule has 0 unspecified atom stereocenters. The van der Waals surface area contributed by atoms with Crippen LogP contribution < -0.4 is 5.32 Å². The van der Waals surface area contributed by atoms with Crippen LogP contribution in [0.5, 0.6) is 0 Å². The van der Waals surface area contributed by atoms with Crippen molar-refractivity contribution in [2.24, 2.45) is 0 Å². The maximum absolute atomic E-state index is 11.8. The number of nitrogens with one attached hydrogen (secondary N) is 1. The highest BCUT2D eigenvalue weighted by molar-refractivity contribution is 5.77. The standard InChI is InChI=1S/C19H22N4O3/c1-19(2,3)26-18(25)20-11-13-6-4-7-14(10-13)17-15-8-5-9-23(15)22-16(12-24)21-17/h4-10,24H,11-12H2,1-3H3,(H,20,25). The molecule has 0 radical (unpaired) electrons. The van der Waals surface area contributed by atoms with Crippen LogP contribution in [0.3, 0.4) is 0 Å². The summed E-state index contributed by atoms with van der Waals surface area (Å²) in [5.41, 5.74) is 2.85. The number of rotatable bonds is 4. The SMILES string of the molecule is CC(C)(C)OC(=O)NCc1cccc(-c2nc(CO)nn3cccc23)c1. The van der Waals surface area contributed by atoms with Crippen molar-refractivity contribution >= 4 is 11.6 Å². The molecule has 0 saturated carbocycles. The number of carbonyl (C=O) groups excluding carboxylic acids is 1.